The van der Waals surface area contributed by atoms with E-state index >= 15 is 0 Å². The average molecular weight is 288 g/mol. The van der Waals surface area contributed by atoms with Crippen molar-refractivity contribution in [1.82, 2.24) is 4.98 Å². The average Bonchev–Trinajstić information content (AvgIpc) is 2.46. The number of fused-ring (bicyclic) bond motifs is 3. The molecule has 1 heterocycles. The zero-order chi connectivity index (χ0) is 15.0. The normalized spacial score (nSPS) is 11.6. The van der Waals surface area contributed by atoms with Crippen LogP contribution in [0.15, 0.2) is 47.6 Å². The Hall–Kier alpha value is -2.79. The molecule has 0 spiro atoms. The SMILES string of the molecule is [N-]=[N+]=Nc1cc(C(F)(F)F)nc2c1ccc1ccccc12. The predicted molar refractivity (Wildman–Crippen MR) is 73.1 cm³/mol. The smallest absolute Gasteiger partial charge is 0.243 e. The van der Waals surface area contributed by atoms with Crippen molar-refractivity contribution in [3.63, 3.8) is 0 Å². The third-order valence-corrected chi connectivity index (χ3v) is 3.13. The van der Waals surface area contributed by atoms with Gasteiger partial charge in [0.1, 0.15) is 5.69 Å². The summed E-state index contributed by atoms with van der Waals surface area (Å²) in [6.45, 7) is 0. The van der Waals surface area contributed by atoms with E-state index in [1.807, 2.05) is 0 Å². The summed E-state index contributed by atoms with van der Waals surface area (Å²) in [5.74, 6) is 0. The summed E-state index contributed by atoms with van der Waals surface area (Å²) in [6, 6.07) is 11.1. The molecule has 2 aromatic carbocycles. The van der Waals surface area contributed by atoms with E-state index in [0.29, 0.717) is 10.8 Å². The Bertz CT molecular complexity index is 896. The monoisotopic (exact) mass is 288 g/mol. The molecule has 0 saturated carbocycles. The van der Waals surface area contributed by atoms with Gasteiger partial charge in [-0.15, -0.1) is 0 Å². The number of alkyl halides is 3. The highest BCUT2D eigenvalue weighted by atomic mass is 19.4. The Morgan fingerprint density at radius 2 is 1.81 bits per heavy atom. The number of halogens is 3. The van der Waals surface area contributed by atoms with Gasteiger partial charge in [-0.05, 0) is 17.0 Å². The zero-order valence-electron chi connectivity index (χ0n) is 10.5. The van der Waals surface area contributed by atoms with Gasteiger partial charge in [0.25, 0.3) is 0 Å². The minimum Gasteiger partial charge on any atom is -0.243 e. The third kappa shape index (κ3) is 2.23. The fourth-order valence-electron chi connectivity index (χ4n) is 2.22. The lowest BCUT2D eigenvalue weighted by molar-refractivity contribution is -0.140. The quantitative estimate of drug-likeness (QED) is 0.258. The van der Waals surface area contributed by atoms with Crippen LogP contribution in [0.1, 0.15) is 5.69 Å². The van der Waals surface area contributed by atoms with Crippen LogP contribution in [0.3, 0.4) is 0 Å². The molecule has 7 heteroatoms. The summed E-state index contributed by atoms with van der Waals surface area (Å²) < 4.78 is 38.8. The van der Waals surface area contributed by atoms with Gasteiger partial charge in [0.05, 0.1) is 5.52 Å². The van der Waals surface area contributed by atoms with Crippen molar-refractivity contribution in [3.05, 3.63) is 58.6 Å². The molecular formula is C14H7F3N4. The second kappa shape index (κ2) is 4.64. The van der Waals surface area contributed by atoms with E-state index in [9.17, 15) is 13.2 Å². The van der Waals surface area contributed by atoms with Crippen LogP contribution in [0.5, 0.6) is 0 Å². The molecule has 0 fully saturated rings. The van der Waals surface area contributed by atoms with E-state index < -0.39 is 11.9 Å². The first-order valence-corrected chi connectivity index (χ1v) is 5.95. The minimum absolute atomic E-state index is 0.0828. The molecule has 1 aromatic heterocycles. The molecule has 0 aliphatic heterocycles. The van der Waals surface area contributed by atoms with Crippen LogP contribution in [0.25, 0.3) is 32.1 Å². The van der Waals surface area contributed by atoms with Crippen LogP contribution < -0.4 is 0 Å². The standard InChI is InChI=1S/C14H7F3N4/c15-14(16,17)12-7-11(20-21-18)10-6-5-8-3-1-2-4-9(8)13(10)19-12/h1-7H. The molecule has 0 atom stereocenters. The van der Waals surface area contributed by atoms with Crippen LogP contribution in [0.4, 0.5) is 18.9 Å². The molecule has 0 aliphatic rings. The molecule has 0 unspecified atom stereocenters. The first-order valence-electron chi connectivity index (χ1n) is 5.95. The first-order chi connectivity index (χ1) is 10.0. The number of hydrogen-bond acceptors (Lipinski definition) is 2. The Morgan fingerprint density at radius 1 is 1.05 bits per heavy atom. The van der Waals surface area contributed by atoms with Crippen LogP contribution in [-0.4, -0.2) is 4.98 Å². The minimum atomic E-state index is -4.61. The first kappa shape index (κ1) is 13.2. The highest BCUT2D eigenvalue weighted by Gasteiger charge is 2.33. The van der Waals surface area contributed by atoms with Crippen LogP contribution in [0, 0.1) is 0 Å². The number of benzene rings is 2. The summed E-state index contributed by atoms with van der Waals surface area (Å²) >= 11 is 0. The molecule has 0 radical (unpaired) electrons. The van der Waals surface area contributed by atoms with Crippen LogP contribution in [-0.2, 0) is 6.18 Å². The lowest BCUT2D eigenvalue weighted by Gasteiger charge is -2.10. The number of hydrogen-bond donors (Lipinski definition) is 0. The van der Waals surface area contributed by atoms with Gasteiger partial charge in [0, 0.05) is 21.4 Å². The largest absolute Gasteiger partial charge is 0.433 e. The van der Waals surface area contributed by atoms with E-state index in [2.05, 4.69) is 15.0 Å². The summed E-state index contributed by atoms with van der Waals surface area (Å²) in [5, 5.41) is 5.09. The molecule has 0 amide bonds. The maximum Gasteiger partial charge on any atom is 0.433 e. The second-order valence-corrected chi connectivity index (χ2v) is 4.40. The Kier molecular flexibility index (Phi) is 2.92. The molecular weight excluding hydrogens is 281 g/mol. The second-order valence-electron chi connectivity index (χ2n) is 4.40. The summed E-state index contributed by atoms with van der Waals surface area (Å²) in [6.07, 6.45) is -4.61. The highest BCUT2D eigenvalue weighted by molar-refractivity contribution is 6.08. The van der Waals surface area contributed by atoms with Crippen LogP contribution in [0.2, 0.25) is 0 Å². The topological polar surface area (TPSA) is 61.7 Å². The van der Waals surface area contributed by atoms with Crippen LogP contribution >= 0.6 is 0 Å². The number of rotatable bonds is 1. The summed E-state index contributed by atoms with van der Waals surface area (Å²) in [5.41, 5.74) is 7.56. The molecule has 0 aliphatic carbocycles. The summed E-state index contributed by atoms with van der Waals surface area (Å²) in [7, 11) is 0. The van der Waals surface area contributed by atoms with Gasteiger partial charge in [-0.1, -0.05) is 41.5 Å². The molecule has 3 aromatic rings. The fraction of sp³-hybridized carbons (Fsp3) is 0.0714. The van der Waals surface area contributed by atoms with Gasteiger partial charge in [0.2, 0.25) is 0 Å². The Morgan fingerprint density at radius 3 is 2.52 bits per heavy atom. The van der Waals surface area contributed by atoms with Gasteiger partial charge < -0.3 is 0 Å². The number of azide groups is 1. The number of nitrogens with zero attached hydrogens (tertiary/aromatic N) is 4. The van der Waals surface area contributed by atoms with Crippen molar-refractivity contribution < 1.29 is 13.2 Å². The Labute approximate surface area is 116 Å². The van der Waals surface area contributed by atoms with Gasteiger partial charge in [-0.2, -0.15) is 13.2 Å². The highest BCUT2D eigenvalue weighted by Crippen LogP contribution is 2.36. The van der Waals surface area contributed by atoms with Gasteiger partial charge in [-0.25, -0.2) is 4.98 Å². The van der Waals surface area contributed by atoms with Gasteiger partial charge in [-0.3, -0.25) is 0 Å². The molecule has 104 valence electrons. The number of aromatic nitrogens is 1. The van der Waals surface area contributed by atoms with Crippen molar-refractivity contribution in [2.75, 3.05) is 0 Å². The molecule has 3 rings (SSSR count). The maximum atomic E-state index is 12.9. The Balaban J connectivity index is 2.50. The van der Waals surface area contributed by atoms with Crippen molar-refractivity contribution in [2.45, 2.75) is 6.18 Å². The van der Waals surface area contributed by atoms with Gasteiger partial charge in [0.15, 0.2) is 0 Å². The lowest BCUT2D eigenvalue weighted by Crippen LogP contribution is -2.07. The fourth-order valence-corrected chi connectivity index (χ4v) is 2.22. The van der Waals surface area contributed by atoms with E-state index in [1.54, 1.807) is 36.4 Å². The summed E-state index contributed by atoms with van der Waals surface area (Å²) in [4.78, 5) is 6.30. The molecule has 21 heavy (non-hydrogen) atoms. The third-order valence-electron chi connectivity index (χ3n) is 3.13. The molecule has 4 nitrogen and oxygen atoms in total. The van der Waals surface area contributed by atoms with Crippen molar-refractivity contribution >= 4 is 27.4 Å². The number of pyridine rings is 1. The molecule has 0 bridgehead atoms. The molecule has 0 saturated heterocycles. The zero-order valence-corrected chi connectivity index (χ0v) is 10.5. The van der Waals surface area contributed by atoms with E-state index in [1.165, 1.54) is 0 Å². The van der Waals surface area contributed by atoms with Gasteiger partial charge >= 0.3 is 6.18 Å². The van der Waals surface area contributed by atoms with Crippen molar-refractivity contribution in [3.8, 4) is 0 Å². The van der Waals surface area contributed by atoms with E-state index in [4.69, 9.17) is 5.53 Å². The predicted octanol–water partition coefficient (Wildman–Crippen LogP) is 5.35. The van der Waals surface area contributed by atoms with Crippen molar-refractivity contribution in [1.29, 1.82) is 0 Å². The van der Waals surface area contributed by atoms with Crippen molar-refractivity contribution in [2.24, 2.45) is 5.11 Å². The van der Waals surface area contributed by atoms with E-state index in [-0.39, 0.29) is 11.2 Å². The lowest BCUT2D eigenvalue weighted by atomic mass is 10.0. The van der Waals surface area contributed by atoms with E-state index in [0.717, 1.165) is 11.5 Å². The maximum absolute atomic E-state index is 12.9. The molecule has 0 N–H and O–H groups in total.